The maximum Gasteiger partial charge on any atom is 0.405 e. The number of nitrogens with one attached hydrogen (secondary N) is 2. The summed E-state index contributed by atoms with van der Waals surface area (Å²) in [6.45, 7) is 6.32. The third-order valence-corrected chi connectivity index (χ3v) is 2.88. The van der Waals surface area contributed by atoms with Crippen LogP contribution in [0.3, 0.4) is 0 Å². The predicted octanol–water partition coefficient (Wildman–Crippen LogP) is 2.05. The van der Waals surface area contributed by atoms with E-state index in [4.69, 9.17) is 5.11 Å². The second-order valence-corrected chi connectivity index (χ2v) is 4.92. The lowest BCUT2D eigenvalue weighted by Gasteiger charge is -2.16. The number of hydrogen-bond donors (Lipinski definition) is 4. The molecule has 5 nitrogen and oxygen atoms in total. The molecule has 0 bridgehead atoms. The van der Waals surface area contributed by atoms with Gasteiger partial charge >= 0.3 is 6.09 Å². The van der Waals surface area contributed by atoms with Crippen LogP contribution < -0.4 is 10.6 Å². The van der Waals surface area contributed by atoms with Gasteiger partial charge in [-0.2, -0.15) is 0 Å². The number of rotatable bonds is 6. The number of carbonyl (C=O) groups is 1. The molecule has 1 aromatic carbocycles. The molecule has 106 valence electrons. The normalized spacial score (nSPS) is 14.2. The molecule has 0 saturated heterocycles. The smallest absolute Gasteiger partial charge is 0.405 e. The molecule has 0 saturated carbocycles. The van der Waals surface area contributed by atoms with Gasteiger partial charge in [0.2, 0.25) is 0 Å². The van der Waals surface area contributed by atoms with Crippen LogP contribution in [0.15, 0.2) is 24.3 Å². The van der Waals surface area contributed by atoms with Crippen LogP contribution in [0.25, 0.3) is 0 Å². The first-order valence-corrected chi connectivity index (χ1v) is 6.41. The van der Waals surface area contributed by atoms with Crippen molar-refractivity contribution >= 4 is 6.09 Å². The highest BCUT2D eigenvalue weighted by Gasteiger charge is 2.11. The van der Waals surface area contributed by atoms with Crippen molar-refractivity contribution in [2.75, 3.05) is 6.54 Å². The van der Waals surface area contributed by atoms with E-state index in [1.807, 2.05) is 38.1 Å². The highest BCUT2D eigenvalue weighted by molar-refractivity contribution is 5.65. The minimum atomic E-state index is -1.04. The molecule has 0 radical (unpaired) electrons. The van der Waals surface area contributed by atoms with E-state index in [0.717, 1.165) is 11.1 Å². The molecule has 0 aliphatic rings. The van der Waals surface area contributed by atoms with Gasteiger partial charge in [-0.3, -0.25) is 0 Å². The minimum Gasteiger partial charge on any atom is -0.465 e. The van der Waals surface area contributed by atoms with Gasteiger partial charge in [0.1, 0.15) is 0 Å². The Bertz CT molecular complexity index is 404. The Kier molecular flexibility index (Phi) is 5.79. The zero-order valence-corrected chi connectivity index (χ0v) is 11.6. The summed E-state index contributed by atoms with van der Waals surface area (Å²) >= 11 is 0. The summed E-state index contributed by atoms with van der Waals surface area (Å²) < 4.78 is 0. The van der Waals surface area contributed by atoms with Crippen molar-refractivity contribution in [1.29, 1.82) is 0 Å². The van der Waals surface area contributed by atoms with Crippen molar-refractivity contribution in [2.45, 2.75) is 39.0 Å². The van der Waals surface area contributed by atoms with Gasteiger partial charge in [-0.25, -0.2) is 4.79 Å². The maximum absolute atomic E-state index is 10.5. The predicted molar refractivity (Wildman–Crippen MR) is 74.1 cm³/mol. The van der Waals surface area contributed by atoms with Crippen LogP contribution in [-0.4, -0.2) is 28.9 Å². The first-order valence-electron chi connectivity index (χ1n) is 6.41. The summed E-state index contributed by atoms with van der Waals surface area (Å²) in [6, 6.07) is 7.36. The zero-order chi connectivity index (χ0) is 14.4. The number of hydrogen-bond acceptors (Lipinski definition) is 3. The van der Waals surface area contributed by atoms with Gasteiger partial charge in [-0.05, 0) is 18.1 Å². The van der Waals surface area contributed by atoms with Gasteiger partial charge in [0.05, 0.1) is 12.1 Å². The van der Waals surface area contributed by atoms with Crippen molar-refractivity contribution in [3.8, 4) is 0 Å². The average molecular weight is 266 g/mol. The second-order valence-electron chi connectivity index (χ2n) is 4.92. The van der Waals surface area contributed by atoms with Crippen molar-refractivity contribution in [2.24, 2.45) is 0 Å². The second kappa shape index (κ2) is 7.11. The standard InChI is InChI=1S/C14H22N2O3/c1-9(2)15-8-13(17)12-6-4-11(5-7-12)10(3)16-14(18)19/h4-7,9-10,13,15-17H,8H2,1-3H3,(H,18,19)/t10-,13+/m0/s1. The Labute approximate surface area is 113 Å². The molecule has 0 aromatic heterocycles. The van der Waals surface area contributed by atoms with Crippen molar-refractivity contribution < 1.29 is 15.0 Å². The Morgan fingerprint density at radius 2 is 1.68 bits per heavy atom. The number of amides is 1. The third-order valence-electron chi connectivity index (χ3n) is 2.88. The van der Waals surface area contributed by atoms with E-state index in [1.165, 1.54) is 0 Å². The van der Waals surface area contributed by atoms with Crippen molar-refractivity contribution in [1.82, 2.24) is 10.6 Å². The lowest BCUT2D eigenvalue weighted by molar-refractivity contribution is 0.171. The van der Waals surface area contributed by atoms with Crippen molar-refractivity contribution in [3.63, 3.8) is 0 Å². The molecule has 0 heterocycles. The van der Waals surface area contributed by atoms with Gasteiger partial charge in [-0.15, -0.1) is 0 Å². The molecule has 0 aliphatic heterocycles. The topological polar surface area (TPSA) is 81.6 Å². The molecule has 0 spiro atoms. The molecular formula is C14H22N2O3. The Balaban J connectivity index is 2.62. The molecule has 2 atom stereocenters. The van der Waals surface area contributed by atoms with Crippen LogP contribution >= 0.6 is 0 Å². The minimum absolute atomic E-state index is 0.266. The van der Waals surface area contributed by atoms with E-state index in [9.17, 15) is 9.90 Å². The molecular weight excluding hydrogens is 244 g/mol. The molecule has 0 unspecified atom stereocenters. The zero-order valence-electron chi connectivity index (χ0n) is 11.6. The van der Waals surface area contributed by atoms with Crippen LogP contribution in [0.1, 0.15) is 44.0 Å². The molecule has 0 fully saturated rings. The number of aliphatic hydroxyl groups is 1. The molecule has 1 amide bonds. The Hall–Kier alpha value is -1.59. The van der Waals surface area contributed by atoms with E-state index >= 15 is 0 Å². The van der Waals surface area contributed by atoms with Crippen LogP contribution in [0.2, 0.25) is 0 Å². The molecule has 5 heteroatoms. The van der Waals surface area contributed by atoms with Gasteiger partial charge in [0.15, 0.2) is 0 Å². The molecule has 1 rings (SSSR count). The SMILES string of the molecule is CC(C)NC[C@@H](O)c1ccc([C@H](C)NC(=O)O)cc1. The third kappa shape index (κ3) is 5.28. The molecule has 19 heavy (non-hydrogen) atoms. The number of aliphatic hydroxyl groups excluding tert-OH is 1. The highest BCUT2D eigenvalue weighted by atomic mass is 16.4. The summed E-state index contributed by atoms with van der Waals surface area (Å²) in [7, 11) is 0. The van der Waals surface area contributed by atoms with Crippen molar-refractivity contribution in [3.05, 3.63) is 35.4 Å². The number of benzene rings is 1. The summed E-state index contributed by atoms with van der Waals surface area (Å²) in [4.78, 5) is 10.5. The van der Waals surface area contributed by atoms with E-state index in [0.29, 0.717) is 12.6 Å². The molecule has 0 aliphatic carbocycles. The van der Waals surface area contributed by atoms with Crippen LogP contribution in [0.4, 0.5) is 4.79 Å². The fourth-order valence-corrected chi connectivity index (χ4v) is 1.74. The van der Waals surface area contributed by atoms with Gasteiger partial charge in [0, 0.05) is 12.6 Å². The maximum atomic E-state index is 10.5. The summed E-state index contributed by atoms with van der Waals surface area (Å²) in [6.07, 6.45) is -1.60. The lowest BCUT2D eigenvalue weighted by atomic mass is 10.0. The van der Waals surface area contributed by atoms with E-state index in [2.05, 4.69) is 10.6 Å². The first-order chi connectivity index (χ1) is 8.90. The monoisotopic (exact) mass is 266 g/mol. The quantitative estimate of drug-likeness (QED) is 0.635. The fraction of sp³-hybridized carbons (Fsp3) is 0.500. The molecule has 1 aromatic rings. The summed E-state index contributed by atoms with van der Waals surface area (Å²) in [5.74, 6) is 0. The highest BCUT2D eigenvalue weighted by Crippen LogP contribution is 2.17. The van der Waals surface area contributed by atoms with Gasteiger partial charge in [-0.1, -0.05) is 38.1 Å². The van der Waals surface area contributed by atoms with Crippen LogP contribution in [0, 0.1) is 0 Å². The van der Waals surface area contributed by atoms with E-state index < -0.39 is 12.2 Å². The fourth-order valence-electron chi connectivity index (χ4n) is 1.74. The Morgan fingerprint density at radius 1 is 1.16 bits per heavy atom. The van der Waals surface area contributed by atoms with Gasteiger partial charge < -0.3 is 20.8 Å². The molecule has 4 N–H and O–H groups in total. The van der Waals surface area contributed by atoms with Crippen LogP contribution in [-0.2, 0) is 0 Å². The summed E-state index contributed by atoms with van der Waals surface area (Å²) in [5.41, 5.74) is 1.69. The largest absolute Gasteiger partial charge is 0.465 e. The van der Waals surface area contributed by atoms with Crippen LogP contribution in [0.5, 0.6) is 0 Å². The van der Waals surface area contributed by atoms with E-state index in [1.54, 1.807) is 6.92 Å². The number of carboxylic acid groups (broad SMARTS) is 1. The van der Waals surface area contributed by atoms with E-state index in [-0.39, 0.29) is 6.04 Å². The summed E-state index contributed by atoms with van der Waals surface area (Å²) in [5, 5.41) is 24.2. The van der Waals surface area contributed by atoms with Gasteiger partial charge in [0.25, 0.3) is 0 Å². The average Bonchev–Trinajstić information content (AvgIpc) is 2.35. The lowest BCUT2D eigenvalue weighted by Crippen LogP contribution is -2.28. The first kappa shape index (κ1) is 15.5. The Morgan fingerprint density at radius 3 is 2.16 bits per heavy atom.